The van der Waals surface area contributed by atoms with Crippen molar-refractivity contribution in [1.82, 2.24) is 30.0 Å². The second kappa shape index (κ2) is 7.11. The molecule has 21 heavy (non-hydrogen) atoms. The maximum Gasteiger partial charge on any atom is 0.165 e. The van der Waals surface area contributed by atoms with E-state index in [1.54, 1.807) is 0 Å². The Bertz CT molecular complexity index is 529. The molecule has 0 bridgehead atoms. The van der Waals surface area contributed by atoms with Crippen LogP contribution >= 0.6 is 11.3 Å². The van der Waals surface area contributed by atoms with Gasteiger partial charge in [0.05, 0.1) is 6.54 Å². The minimum absolute atomic E-state index is 0.861. The monoisotopic (exact) mass is 306 g/mol. The normalized spacial score (nSPS) is 17.4. The topological polar surface area (TPSA) is 50.1 Å². The van der Waals surface area contributed by atoms with E-state index in [9.17, 15) is 0 Å². The van der Waals surface area contributed by atoms with E-state index in [4.69, 9.17) is 0 Å². The SMILES string of the molecule is CCCn1nnnc1CN1CCN(Cc2cccs2)CC1. The fourth-order valence-electron chi connectivity index (χ4n) is 2.65. The molecule has 0 N–H and O–H groups in total. The van der Waals surface area contributed by atoms with Gasteiger partial charge in [0, 0.05) is 44.1 Å². The van der Waals surface area contributed by atoms with Gasteiger partial charge in [-0.3, -0.25) is 9.80 Å². The summed E-state index contributed by atoms with van der Waals surface area (Å²) in [5.74, 6) is 0.989. The zero-order valence-corrected chi connectivity index (χ0v) is 13.3. The molecule has 114 valence electrons. The van der Waals surface area contributed by atoms with Crippen LogP contribution in [0.2, 0.25) is 0 Å². The Hall–Kier alpha value is -1.31. The van der Waals surface area contributed by atoms with Crippen LogP contribution in [-0.2, 0) is 19.6 Å². The van der Waals surface area contributed by atoms with Crippen LogP contribution in [0.25, 0.3) is 0 Å². The number of tetrazole rings is 1. The number of aryl methyl sites for hydroxylation is 1. The largest absolute Gasteiger partial charge is 0.296 e. The lowest BCUT2D eigenvalue weighted by Gasteiger charge is -2.34. The van der Waals surface area contributed by atoms with Crippen molar-refractivity contribution in [1.29, 1.82) is 0 Å². The van der Waals surface area contributed by atoms with E-state index in [0.717, 1.165) is 58.1 Å². The lowest BCUT2D eigenvalue weighted by atomic mass is 10.3. The first-order chi connectivity index (χ1) is 10.3. The Morgan fingerprint density at radius 3 is 2.57 bits per heavy atom. The molecule has 1 aliphatic rings. The second-order valence-corrected chi connectivity index (χ2v) is 6.48. The third-order valence-corrected chi connectivity index (χ3v) is 4.69. The van der Waals surface area contributed by atoms with Crippen molar-refractivity contribution in [2.75, 3.05) is 26.2 Å². The van der Waals surface area contributed by atoms with Gasteiger partial charge >= 0.3 is 0 Å². The molecule has 2 aromatic rings. The van der Waals surface area contributed by atoms with Gasteiger partial charge in [-0.2, -0.15) is 0 Å². The summed E-state index contributed by atoms with van der Waals surface area (Å²) in [5.41, 5.74) is 0. The number of nitrogens with zero attached hydrogens (tertiary/aromatic N) is 6. The fourth-order valence-corrected chi connectivity index (χ4v) is 3.40. The van der Waals surface area contributed by atoms with Gasteiger partial charge in [-0.05, 0) is 28.3 Å². The summed E-state index contributed by atoms with van der Waals surface area (Å²) in [6.45, 7) is 9.41. The molecule has 0 radical (unpaired) electrons. The van der Waals surface area contributed by atoms with Crippen molar-refractivity contribution in [3.05, 3.63) is 28.2 Å². The number of hydrogen-bond acceptors (Lipinski definition) is 6. The summed E-state index contributed by atoms with van der Waals surface area (Å²) in [5, 5.41) is 14.2. The Morgan fingerprint density at radius 1 is 1.14 bits per heavy atom. The van der Waals surface area contributed by atoms with Gasteiger partial charge in [0.1, 0.15) is 0 Å². The Balaban J connectivity index is 1.48. The molecule has 0 amide bonds. The van der Waals surface area contributed by atoms with Gasteiger partial charge in [-0.25, -0.2) is 4.68 Å². The molecule has 3 heterocycles. The first kappa shape index (κ1) is 14.6. The summed E-state index contributed by atoms with van der Waals surface area (Å²) < 4.78 is 1.93. The molecule has 1 saturated heterocycles. The number of piperazine rings is 1. The maximum atomic E-state index is 4.16. The van der Waals surface area contributed by atoms with Crippen LogP contribution in [0.15, 0.2) is 17.5 Å². The Kier molecular flexibility index (Phi) is 4.95. The lowest BCUT2D eigenvalue weighted by molar-refractivity contribution is 0.119. The van der Waals surface area contributed by atoms with Gasteiger partial charge in [-0.15, -0.1) is 16.4 Å². The number of rotatable bonds is 6. The van der Waals surface area contributed by atoms with Gasteiger partial charge in [0.2, 0.25) is 0 Å². The molecule has 0 aromatic carbocycles. The predicted octanol–water partition coefficient (Wildman–Crippen LogP) is 1.46. The van der Waals surface area contributed by atoms with Gasteiger partial charge < -0.3 is 0 Å². The van der Waals surface area contributed by atoms with Crippen LogP contribution < -0.4 is 0 Å². The van der Waals surface area contributed by atoms with Crippen LogP contribution in [0.4, 0.5) is 0 Å². The molecule has 2 aromatic heterocycles. The van der Waals surface area contributed by atoms with Crippen molar-refractivity contribution in [2.45, 2.75) is 33.0 Å². The summed E-state index contributed by atoms with van der Waals surface area (Å²) in [7, 11) is 0. The highest BCUT2D eigenvalue weighted by molar-refractivity contribution is 7.09. The summed E-state index contributed by atoms with van der Waals surface area (Å²) in [6.07, 6.45) is 1.06. The quantitative estimate of drug-likeness (QED) is 0.809. The highest BCUT2D eigenvalue weighted by Crippen LogP contribution is 2.14. The zero-order valence-electron chi connectivity index (χ0n) is 12.5. The van der Waals surface area contributed by atoms with E-state index in [1.807, 2.05) is 16.0 Å². The van der Waals surface area contributed by atoms with Crippen LogP contribution in [0.3, 0.4) is 0 Å². The summed E-state index contributed by atoms with van der Waals surface area (Å²) >= 11 is 1.84. The van der Waals surface area contributed by atoms with Crippen LogP contribution in [0.1, 0.15) is 24.0 Å². The van der Waals surface area contributed by atoms with E-state index in [1.165, 1.54) is 4.88 Å². The molecule has 1 aliphatic heterocycles. The van der Waals surface area contributed by atoms with E-state index in [2.05, 4.69) is 49.8 Å². The molecule has 0 saturated carbocycles. The first-order valence-corrected chi connectivity index (χ1v) is 8.45. The Morgan fingerprint density at radius 2 is 1.90 bits per heavy atom. The number of aromatic nitrogens is 4. The Labute approximate surface area is 129 Å². The predicted molar refractivity (Wildman–Crippen MR) is 83.0 cm³/mol. The van der Waals surface area contributed by atoms with Gasteiger partial charge in [0.15, 0.2) is 5.82 Å². The molecule has 3 rings (SSSR count). The van der Waals surface area contributed by atoms with Crippen molar-refractivity contribution < 1.29 is 0 Å². The maximum absolute atomic E-state index is 4.16. The minimum Gasteiger partial charge on any atom is -0.296 e. The lowest BCUT2D eigenvalue weighted by Crippen LogP contribution is -2.45. The third-order valence-electron chi connectivity index (χ3n) is 3.83. The van der Waals surface area contributed by atoms with Crippen LogP contribution in [-0.4, -0.2) is 56.2 Å². The van der Waals surface area contributed by atoms with E-state index in [0.29, 0.717) is 0 Å². The molecule has 0 unspecified atom stereocenters. The smallest absolute Gasteiger partial charge is 0.165 e. The second-order valence-electron chi connectivity index (χ2n) is 5.45. The molecular formula is C14H22N6S. The molecule has 6 nitrogen and oxygen atoms in total. The van der Waals surface area contributed by atoms with Crippen molar-refractivity contribution in [2.24, 2.45) is 0 Å². The molecule has 0 aliphatic carbocycles. The minimum atomic E-state index is 0.861. The number of thiophene rings is 1. The first-order valence-electron chi connectivity index (χ1n) is 7.57. The standard InChI is InChI=1S/C14H22N6S/c1-2-5-20-14(15-16-17-20)12-19-8-6-18(7-9-19)11-13-4-3-10-21-13/h3-4,10H,2,5-9,11-12H2,1H3. The van der Waals surface area contributed by atoms with E-state index in [-0.39, 0.29) is 0 Å². The van der Waals surface area contributed by atoms with Crippen molar-refractivity contribution >= 4 is 11.3 Å². The average Bonchev–Trinajstić information content (AvgIpc) is 3.14. The van der Waals surface area contributed by atoms with Crippen molar-refractivity contribution in [3.8, 4) is 0 Å². The fraction of sp³-hybridized carbons (Fsp3) is 0.643. The van der Waals surface area contributed by atoms with Crippen molar-refractivity contribution in [3.63, 3.8) is 0 Å². The molecule has 1 fully saturated rings. The summed E-state index contributed by atoms with van der Waals surface area (Å²) in [4.78, 5) is 6.43. The van der Waals surface area contributed by atoms with E-state index < -0.39 is 0 Å². The van der Waals surface area contributed by atoms with Gasteiger partial charge in [0.25, 0.3) is 0 Å². The zero-order chi connectivity index (χ0) is 14.5. The van der Waals surface area contributed by atoms with E-state index >= 15 is 0 Å². The highest BCUT2D eigenvalue weighted by Gasteiger charge is 2.19. The molecule has 0 atom stereocenters. The number of hydrogen-bond donors (Lipinski definition) is 0. The van der Waals surface area contributed by atoms with Crippen LogP contribution in [0.5, 0.6) is 0 Å². The third kappa shape index (κ3) is 3.87. The summed E-state index contributed by atoms with van der Waals surface area (Å²) in [6, 6.07) is 4.35. The average molecular weight is 306 g/mol. The molecular weight excluding hydrogens is 284 g/mol. The highest BCUT2D eigenvalue weighted by atomic mass is 32.1. The molecule has 0 spiro atoms. The molecule has 7 heteroatoms. The van der Waals surface area contributed by atoms with Crippen LogP contribution in [0, 0.1) is 0 Å². The van der Waals surface area contributed by atoms with Gasteiger partial charge in [-0.1, -0.05) is 13.0 Å².